The number of benzene rings is 2. The average molecular weight is 643 g/mol. The van der Waals surface area contributed by atoms with E-state index in [4.69, 9.17) is 18.9 Å². The third kappa shape index (κ3) is 8.90. The number of ether oxygens (including phenoxy) is 4. The van der Waals surface area contributed by atoms with E-state index in [1.54, 1.807) is 0 Å². The van der Waals surface area contributed by atoms with Gasteiger partial charge in [-0.1, -0.05) is 6.92 Å². The number of aliphatic hydroxyl groups is 1. The van der Waals surface area contributed by atoms with Crippen molar-refractivity contribution in [3.63, 3.8) is 0 Å². The van der Waals surface area contributed by atoms with Crippen LogP contribution in [0.5, 0.6) is 11.5 Å². The molecule has 0 saturated carbocycles. The lowest BCUT2D eigenvalue weighted by molar-refractivity contribution is -0.253. The van der Waals surface area contributed by atoms with E-state index in [0.717, 1.165) is 12.5 Å². The molecule has 2 aromatic carbocycles. The largest absolute Gasteiger partial charge is 0.507 e. The van der Waals surface area contributed by atoms with Crippen LogP contribution in [0.3, 0.4) is 0 Å². The minimum atomic E-state index is -3.50. The molecule has 0 spiro atoms. The van der Waals surface area contributed by atoms with Crippen LogP contribution in [0.15, 0.2) is 46.2 Å². The van der Waals surface area contributed by atoms with Crippen molar-refractivity contribution in [2.24, 2.45) is 0 Å². The fraction of sp³-hybridized carbons (Fsp3) is 0.600. The maximum atomic E-state index is 12.1. The van der Waals surface area contributed by atoms with E-state index in [-0.39, 0.29) is 56.8 Å². The van der Waals surface area contributed by atoms with Crippen LogP contribution in [-0.4, -0.2) is 75.2 Å². The van der Waals surface area contributed by atoms with Crippen molar-refractivity contribution >= 4 is 19.7 Å². The van der Waals surface area contributed by atoms with Gasteiger partial charge in [0.15, 0.2) is 32.3 Å². The molecule has 43 heavy (non-hydrogen) atoms. The minimum absolute atomic E-state index is 0.0490. The Kier molecular flexibility index (Phi) is 10.8. The van der Waals surface area contributed by atoms with Crippen molar-refractivity contribution in [1.82, 2.24) is 0 Å². The number of hydrogen-bond acceptors (Lipinski definition) is 11. The van der Waals surface area contributed by atoms with E-state index >= 15 is 0 Å². The van der Waals surface area contributed by atoms with Gasteiger partial charge in [0.2, 0.25) is 0 Å². The molecule has 2 heterocycles. The molecule has 3 N–H and O–H groups in total. The summed E-state index contributed by atoms with van der Waals surface area (Å²) < 4.78 is 72.2. The van der Waals surface area contributed by atoms with Gasteiger partial charge in [0.1, 0.15) is 11.5 Å². The van der Waals surface area contributed by atoms with Crippen LogP contribution in [0.4, 0.5) is 0 Å². The molecule has 0 aromatic heterocycles. The lowest BCUT2D eigenvalue weighted by Crippen LogP contribution is -2.35. The molecule has 2 fully saturated rings. The first kappa shape index (κ1) is 33.6. The zero-order valence-corrected chi connectivity index (χ0v) is 26.5. The Bertz CT molecular complexity index is 1470. The molecule has 7 atom stereocenters. The fourth-order valence-corrected chi connectivity index (χ4v) is 6.80. The zero-order valence-electron chi connectivity index (χ0n) is 24.9. The lowest BCUT2D eigenvalue weighted by atomic mass is 9.97. The number of sulfone groups is 2. The third-order valence-corrected chi connectivity index (χ3v) is 10.1. The molecule has 2 aromatic rings. The second-order valence-corrected chi connectivity index (χ2v) is 15.6. The van der Waals surface area contributed by atoms with Gasteiger partial charge >= 0.3 is 0 Å². The summed E-state index contributed by atoms with van der Waals surface area (Å²) in [7, 11) is -6.99. The third-order valence-electron chi connectivity index (χ3n) is 7.84. The molecule has 0 bridgehead atoms. The van der Waals surface area contributed by atoms with E-state index in [2.05, 4.69) is 0 Å². The van der Waals surface area contributed by atoms with Crippen LogP contribution >= 0.6 is 0 Å². The van der Waals surface area contributed by atoms with E-state index in [1.165, 1.54) is 36.4 Å². The van der Waals surface area contributed by atoms with Crippen molar-refractivity contribution in [3.8, 4) is 11.5 Å². The zero-order chi connectivity index (χ0) is 31.5. The van der Waals surface area contributed by atoms with Crippen LogP contribution in [0.25, 0.3) is 0 Å². The first-order valence-corrected chi connectivity index (χ1v) is 18.3. The summed E-state index contributed by atoms with van der Waals surface area (Å²) in [6.07, 6.45) is 2.56. The number of phenols is 2. The summed E-state index contributed by atoms with van der Waals surface area (Å²) in [6, 6.07) is 8.03. The normalized spacial score (nSPS) is 27.6. The smallest absolute Gasteiger partial charge is 0.188 e. The molecule has 2 aliphatic heterocycles. The molecular formula is C30H42O11S2. The molecule has 4 rings (SSSR count). The number of hydrogen-bond donors (Lipinski definition) is 3. The van der Waals surface area contributed by atoms with Crippen LogP contribution in [0.2, 0.25) is 0 Å². The van der Waals surface area contributed by atoms with E-state index in [0.29, 0.717) is 44.9 Å². The topological polar surface area (TPSA) is 166 Å². The molecule has 0 amide bonds. The van der Waals surface area contributed by atoms with E-state index < -0.39 is 38.4 Å². The van der Waals surface area contributed by atoms with Gasteiger partial charge in [-0.3, -0.25) is 0 Å². The van der Waals surface area contributed by atoms with Gasteiger partial charge in [-0.25, -0.2) is 16.8 Å². The Balaban J connectivity index is 1.34. The van der Waals surface area contributed by atoms with E-state index in [1.807, 2.05) is 13.8 Å². The van der Waals surface area contributed by atoms with Crippen molar-refractivity contribution in [2.75, 3.05) is 12.5 Å². The molecular weight excluding hydrogens is 600 g/mol. The Morgan fingerprint density at radius 2 is 1.30 bits per heavy atom. The summed E-state index contributed by atoms with van der Waals surface area (Å²) in [4.78, 5) is 0.111. The molecule has 2 aliphatic rings. The van der Waals surface area contributed by atoms with Crippen molar-refractivity contribution in [2.45, 2.75) is 112 Å². The number of rotatable bonds is 11. The highest BCUT2D eigenvalue weighted by Gasteiger charge is 2.34. The Morgan fingerprint density at radius 1 is 0.791 bits per heavy atom. The number of aromatic hydroxyl groups is 2. The molecule has 11 nitrogen and oxygen atoms in total. The van der Waals surface area contributed by atoms with Crippen molar-refractivity contribution < 1.29 is 51.1 Å². The predicted molar refractivity (Wildman–Crippen MR) is 157 cm³/mol. The molecule has 240 valence electrons. The Hall–Kier alpha value is -2.26. The molecule has 0 aliphatic carbocycles. The summed E-state index contributed by atoms with van der Waals surface area (Å²) in [5.74, 6) is -0.244. The maximum absolute atomic E-state index is 12.1. The van der Waals surface area contributed by atoms with Gasteiger partial charge in [-0.15, -0.1) is 0 Å². The SMILES string of the molecule is CCC1CC(CC(O)CCCC2CC(C)OC(c3cc(S(C)(=O)=O)ccc3O)O2)OC(c2cc(S(C)(=O)=O)ccc2O)O1. The second-order valence-electron chi connectivity index (χ2n) is 11.6. The monoisotopic (exact) mass is 642 g/mol. The number of aliphatic hydroxyl groups excluding tert-OH is 1. The van der Waals surface area contributed by atoms with Crippen molar-refractivity contribution in [1.29, 1.82) is 0 Å². The molecule has 2 saturated heterocycles. The summed E-state index contributed by atoms with van der Waals surface area (Å²) >= 11 is 0. The second kappa shape index (κ2) is 13.8. The Labute approximate surface area is 253 Å². The first-order valence-electron chi connectivity index (χ1n) is 14.5. The fourth-order valence-electron chi connectivity index (χ4n) is 5.49. The standard InChI is InChI=1S/C30H42O11S2/c1-5-20-15-22(41-30(39-20)26-17-24(43(4,36)37)10-12-28(26)33)14-19(31)7-6-8-21-13-18(2)38-29(40-21)25-16-23(42(3,34)35)9-11-27(25)32/h9-12,16-22,29-33H,5-8,13-15H2,1-4H3. The highest BCUT2D eigenvalue weighted by Crippen LogP contribution is 2.39. The highest BCUT2D eigenvalue weighted by atomic mass is 32.2. The molecule has 7 unspecified atom stereocenters. The minimum Gasteiger partial charge on any atom is -0.507 e. The van der Waals surface area contributed by atoms with E-state index in [9.17, 15) is 32.2 Å². The summed E-state index contributed by atoms with van der Waals surface area (Å²) in [5, 5.41) is 31.7. The Morgan fingerprint density at radius 3 is 1.84 bits per heavy atom. The highest BCUT2D eigenvalue weighted by molar-refractivity contribution is 7.91. The lowest BCUT2D eigenvalue weighted by Gasteiger charge is -2.37. The van der Waals surface area contributed by atoms with Crippen LogP contribution in [0, 0.1) is 0 Å². The first-order chi connectivity index (χ1) is 20.1. The van der Waals surface area contributed by atoms with Gasteiger partial charge in [-0.05, 0) is 81.8 Å². The van der Waals surface area contributed by atoms with Crippen molar-refractivity contribution in [3.05, 3.63) is 47.5 Å². The summed E-state index contributed by atoms with van der Waals surface area (Å²) in [5.41, 5.74) is 0.485. The van der Waals surface area contributed by atoms with Gasteiger partial charge in [0, 0.05) is 18.9 Å². The van der Waals surface area contributed by atoms with Gasteiger partial charge in [0.25, 0.3) is 0 Å². The van der Waals surface area contributed by atoms with Gasteiger partial charge in [0.05, 0.1) is 51.4 Å². The summed E-state index contributed by atoms with van der Waals surface area (Å²) in [6.45, 7) is 3.86. The van der Waals surface area contributed by atoms with Gasteiger partial charge in [-0.2, -0.15) is 0 Å². The number of phenolic OH excluding ortho intramolecular Hbond substituents is 2. The van der Waals surface area contributed by atoms with Crippen LogP contribution in [-0.2, 0) is 38.6 Å². The quantitative estimate of drug-likeness (QED) is 0.320. The van der Waals surface area contributed by atoms with Crippen LogP contribution < -0.4 is 0 Å². The van der Waals surface area contributed by atoms with Gasteiger partial charge < -0.3 is 34.3 Å². The molecule has 0 radical (unpaired) electrons. The predicted octanol–water partition coefficient (Wildman–Crippen LogP) is 4.30. The average Bonchev–Trinajstić information content (AvgIpc) is 2.91. The maximum Gasteiger partial charge on any atom is 0.188 e. The van der Waals surface area contributed by atoms with Crippen LogP contribution in [0.1, 0.15) is 82.5 Å². The molecule has 13 heteroatoms.